The lowest BCUT2D eigenvalue weighted by atomic mass is 10.1. The van der Waals surface area contributed by atoms with E-state index in [0.29, 0.717) is 19.6 Å². The van der Waals surface area contributed by atoms with Crippen LogP contribution in [0.3, 0.4) is 0 Å². The van der Waals surface area contributed by atoms with Crippen LogP contribution in [-0.2, 0) is 11.2 Å². The van der Waals surface area contributed by atoms with Crippen molar-refractivity contribution >= 4 is 21.8 Å². The second-order valence-corrected chi connectivity index (χ2v) is 5.65. The van der Waals surface area contributed by atoms with Gasteiger partial charge in [-0.2, -0.15) is 0 Å². The van der Waals surface area contributed by atoms with Crippen LogP contribution in [0, 0.1) is 6.92 Å². The lowest BCUT2D eigenvalue weighted by Gasteiger charge is -2.09. The van der Waals surface area contributed by atoms with Gasteiger partial charge < -0.3 is 10.1 Å². The van der Waals surface area contributed by atoms with E-state index in [0.717, 1.165) is 15.8 Å². The Bertz CT molecular complexity index is 596. The first-order valence-corrected chi connectivity index (χ1v) is 7.64. The summed E-state index contributed by atoms with van der Waals surface area (Å²) in [6, 6.07) is 15.6. The van der Waals surface area contributed by atoms with Crippen molar-refractivity contribution in [3.63, 3.8) is 0 Å². The summed E-state index contributed by atoms with van der Waals surface area (Å²) in [5.41, 5.74) is 2.21. The Kier molecular flexibility index (Phi) is 5.81. The van der Waals surface area contributed by atoms with Crippen LogP contribution in [0.15, 0.2) is 53.0 Å². The van der Waals surface area contributed by atoms with Crippen molar-refractivity contribution in [2.45, 2.75) is 13.3 Å². The summed E-state index contributed by atoms with van der Waals surface area (Å²) in [6.45, 7) is 2.97. The number of para-hydroxylation sites is 1. The Morgan fingerprint density at radius 1 is 1.14 bits per heavy atom. The molecule has 2 aromatic carbocycles. The highest BCUT2D eigenvalue weighted by Gasteiger charge is 2.03. The highest BCUT2D eigenvalue weighted by atomic mass is 79.9. The predicted octanol–water partition coefficient (Wildman–Crippen LogP) is 3.50. The van der Waals surface area contributed by atoms with Crippen LogP contribution in [0.2, 0.25) is 0 Å². The van der Waals surface area contributed by atoms with E-state index in [-0.39, 0.29) is 5.91 Å². The molecule has 0 aromatic heterocycles. The number of amides is 1. The summed E-state index contributed by atoms with van der Waals surface area (Å²) in [5.74, 6) is 0.792. The second-order valence-electron chi connectivity index (χ2n) is 4.79. The number of rotatable bonds is 6. The van der Waals surface area contributed by atoms with Gasteiger partial charge >= 0.3 is 0 Å². The average molecular weight is 348 g/mol. The predicted molar refractivity (Wildman–Crippen MR) is 87.5 cm³/mol. The fourth-order valence-electron chi connectivity index (χ4n) is 1.87. The quantitative estimate of drug-likeness (QED) is 0.812. The van der Waals surface area contributed by atoms with Gasteiger partial charge in [0.1, 0.15) is 12.4 Å². The first kappa shape index (κ1) is 15.6. The fourth-order valence-corrected chi connectivity index (χ4v) is 2.27. The van der Waals surface area contributed by atoms with Crippen LogP contribution in [0.25, 0.3) is 0 Å². The maximum atomic E-state index is 11.8. The zero-order valence-electron chi connectivity index (χ0n) is 11.9. The van der Waals surface area contributed by atoms with Gasteiger partial charge in [0.25, 0.3) is 0 Å². The zero-order valence-corrected chi connectivity index (χ0v) is 13.5. The number of carbonyl (C=O) groups is 1. The molecule has 110 valence electrons. The molecule has 0 heterocycles. The molecule has 3 nitrogen and oxygen atoms in total. The number of benzene rings is 2. The number of halogens is 1. The first-order chi connectivity index (χ1) is 10.1. The maximum absolute atomic E-state index is 11.8. The number of aryl methyl sites for hydroxylation is 1. The molecule has 0 aliphatic rings. The molecular weight excluding hydrogens is 330 g/mol. The molecule has 21 heavy (non-hydrogen) atoms. The Hall–Kier alpha value is -1.81. The van der Waals surface area contributed by atoms with Crippen molar-refractivity contribution in [1.29, 1.82) is 0 Å². The van der Waals surface area contributed by atoms with Gasteiger partial charge in [-0.1, -0.05) is 42.0 Å². The van der Waals surface area contributed by atoms with Gasteiger partial charge in [-0.3, -0.25) is 4.79 Å². The molecule has 2 aromatic rings. The van der Waals surface area contributed by atoms with Gasteiger partial charge in [-0.05, 0) is 40.5 Å². The summed E-state index contributed by atoms with van der Waals surface area (Å²) < 4.78 is 6.50. The van der Waals surface area contributed by atoms with E-state index in [1.807, 2.05) is 55.5 Å². The number of carbonyl (C=O) groups excluding carboxylic acids is 1. The van der Waals surface area contributed by atoms with Crippen molar-refractivity contribution in [2.24, 2.45) is 0 Å². The van der Waals surface area contributed by atoms with Crippen molar-refractivity contribution in [1.82, 2.24) is 5.32 Å². The number of hydrogen-bond donors (Lipinski definition) is 1. The number of hydrogen-bond acceptors (Lipinski definition) is 2. The molecule has 0 unspecified atom stereocenters. The standard InChI is InChI=1S/C17H18BrNO2/c1-13-6-8-14(9-7-13)12-17(20)19-10-11-21-16-5-3-2-4-15(16)18/h2-9H,10-12H2,1H3,(H,19,20). The normalized spacial score (nSPS) is 10.2. The molecule has 0 aliphatic carbocycles. The molecule has 1 amide bonds. The Morgan fingerprint density at radius 2 is 1.86 bits per heavy atom. The Morgan fingerprint density at radius 3 is 2.57 bits per heavy atom. The van der Waals surface area contributed by atoms with E-state index in [9.17, 15) is 4.79 Å². The molecule has 0 atom stereocenters. The summed E-state index contributed by atoms with van der Waals surface area (Å²) >= 11 is 3.42. The van der Waals surface area contributed by atoms with Crippen molar-refractivity contribution in [3.8, 4) is 5.75 Å². The van der Waals surface area contributed by atoms with E-state index in [1.165, 1.54) is 5.56 Å². The number of ether oxygens (including phenoxy) is 1. The molecule has 0 fully saturated rings. The summed E-state index contributed by atoms with van der Waals surface area (Å²) in [4.78, 5) is 11.8. The minimum absolute atomic E-state index is 0.00887. The SMILES string of the molecule is Cc1ccc(CC(=O)NCCOc2ccccc2Br)cc1. The molecule has 2 rings (SSSR count). The summed E-state index contributed by atoms with van der Waals surface area (Å²) in [6.07, 6.45) is 0.398. The van der Waals surface area contributed by atoms with E-state index < -0.39 is 0 Å². The van der Waals surface area contributed by atoms with Crippen LogP contribution < -0.4 is 10.1 Å². The van der Waals surface area contributed by atoms with Crippen LogP contribution in [0.1, 0.15) is 11.1 Å². The Labute approximate surface area is 133 Å². The van der Waals surface area contributed by atoms with E-state index in [2.05, 4.69) is 21.2 Å². The Balaban J connectivity index is 1.70. The third-order valence-corrected chi connectivity index (χ3v) is 3.66. The monoisotopic (exact) mass is 347 g/mol. The molecule has 0 radical (unpaired) electrons. The first-order valence-electron chi connectivity index (χ1n) is 6.85. The van der Waals surface area contributed by atoms with Crippen LogP contribution in [-0.4, -0.2) is 19.1 Å². The van der Waals surface area contributed by atoms with E-state index in [1.54, 1.807) is 0 Å². The smallest absolute Gasteiger partial charge is 0.224 e. The van der Waals surface area contributed by atoms with Gasteiger partial charge in [0, 0.05) is 0 Å². The van der Waals surface area contributed by atoms with Gasteiger partial charge in [0.05, 0.1) is 17.4 Å². The summed E-state index contributed by atoms with van der Waals surface area (Å²) in [7, 11) is 0. The highest BCUT2D eigenvalue weighted by Crippen LogP contribution is 2.23. The third-order valence-electron chi connectivity index (χ3n) is 3.00. The molecule has 0 saturated heterocycles. The van der Waals surface area contributed by atoms with E-state index >= 15 is 0 Å². The molecule has 0 bridgehead atoms. The minimum atomic E-state index is 0.00887. The molecule has 4 heteroatoms. The maximum Gasteiger partial charge on any atom is 0.224 e. The zero-order chi connectivity index (χ0) is 15.1. The highest BCUT2D eigenvalue weighted by molar-refractivity contribution is 9.10. The van der Waals surface area contributed by atoms with E-state index in [4.69, 9.17) is 4.74 Å². The van der Waals surface area contributed by atoms with Gasteiger partial charge in [0.15, 0.2) is 0 Å². The average Bonchev–Trinajstić information content (AvgIpc) is 2.48. The minimum Gasteiger partial charge on any atom is -0.491 e. The van der Waals surface area contributed by atoms with Crippen LogP contribution >= 0.6 is 15.9 Å². The lowest BCUT2D eigenvalue weighted by Crippen LogP contribution is -2.29. The van der Waals surface area contributed by atoms with Gasteiger partial charge in [-0.25, -0.2) is 0 Å². The fraction of sp³-hybridized carbons (Fsp3) is 0.235. The van der Waals surface area contributed by atoms with Crippen molar-refractivity contribution < 1.29 is 9.53 Å². The molecule has 0 saturated carbocycles. The van der Waals surface area contributed by atoms with Gasteiger partial charge in [-0.15, -0.1) is 0 Å². The number of nitrogens with one attached hydrogen (secondary N) is 1. The largest absolute Gasteiger partial charge is 0.491 e. The summed E-state index contributed by atoms with van der Waals surface area (Å²) in [5, 5.41) is 2.86. The lowest BCUT2D eigenvalue weighted by molar-refractivity contribution is -0.120. The molecular formula is C17H18BrNO2. The second kappa shape index (κ2) is 7.84. The molecule has 0 aliphatic heterocycles. The third kappa shape index (κ3) is 5.23. The van der Waals surface area contributed by atoms with Crippen LogP contribution in [0.5, 0.6) is 5.75 Å². The molecule has 0 spiro atoms. The van der Waals surface area contributed by atoms with Crippen molar-refractivity contribution in [3.05, 3.63) is 64.1 Å². The van der Waals surface area contributed by atoms with Crippen LogP contribution in [0.4, 0.5) is 0 Å². The molecule has 1 N–H and O–H groups in total. The van der Waals surface area contributed by atoms with Crippen molar-refractivity contribution in [2.75, 3.05) is 13.2 Å². The topological polar surface area (TPSA) is 38.3 Å². The van der Waals surface area contributed by atoms with Gasteiger partial charge in [0.2, 0.25) is 5.91 Å².